The lowest BCUT2D eigenvalue weighted by molar-refractivity contribution is 0.146. The molecule has 0 atom stereocenters. The normalized spacial score (nSPS) is 10.7. The van der Waals surface area contributed by atoms with Gasteiger partial charge in [0.2, 0.25) is 0 Å². The molecule has 0 bridgehead atoms. The fourth-order valence-electron chi connectivity index (χ4n) is 2.50. The van der Waals surface area contributed by atoms with Crippen LogP contribution in [0.25, 0.3) is 0 Å². The number of nitrogens with zero attached hydrogens (tertiary/aromatic N) is 2. The van der Waals surface area contributed by atoms with Crippen molar-refractivity contribution in [2.45, 2.75) is 33.7 Å². The third-order valence-electron chi connectivity index (χ3n) is 3.85. The van der Waals surface area contributed by atoms with Gasteiger partial charge in [0, 0.05) is 25.3 Å². The fourth-order valence-corrected chi connectivity index (χ4v) is 2.70. The van der Waals surface area contributed by atoms with Gasteiger partial charge in [-0.2, -0.15) is 5.10 Å². The Hall–Kier alpha value is -1.99. The number of ether oxygens (including phenoxy) is 1. The molecule has 2 N–H and O–H groups in total. The quantitative estimate of drug-likeness (QED) is 0.555. The Morgan fingerprint density at radius 3 is 2.80 bits per heavy atom. The van der Waals surface area contributed by atoms with Crippen LogP contribution < -0.4 is 10.6 Å². The molecule has 25 heavy (non-hydrogen) atoms. The minimum atomic E-state index is -0.226. The Kier molecular flexibility index (Phi) is 7.33. The number of nitrogens with one attached hydrogen (secondary N) is 2. The van der Waals surface area contributed by atoms with E-state index in [0.29, 0.717) is 23.8 Å². The molecule has 1 aromatic carbocycles. The molecule has 0 aliphatic carbocycles. The number of benzene rings is 1. The first kappa shape index (κ1) is 19.3. The van der Waals surface area contributed by atoms with E-state index in [4.69, 9.17) is 17.0 Å². The summed E-state index contributed by atoms with van der Waals surface area (Å²) in [4.78, 5) is 0. The molecule has 7 heteroatoms. The second kappa shape index (κ2) is 9.48. The third kappa shape index (κ3) is 5.51. The van der Waals surface area contributed by atoms with E-state index >= 15 is 0 Å². The van der Waals surface area contributed by atoms with Gasteiger partial charge in [-0.25, -0.2) is 4.39 Å². The van der Waals surface area contributed by atoms with Crippen LogP contribution in [0.15, 0.2) is 24.3 Å². The Bertz CT molecular complexity index is 717. The lowest BCUT2D eigenvalue weighted by atomic mass is 10.2. The second-order valence-electron chi connectivity index (χ2n) is 5.73. The number of thiocarbonyl (C=S) groups is 1. The Morgan fingerprint density at radius 2 is 2.08 bits per heavy atom. The molecule has 0 saturated carbocycles. The first-order chi connectivity index (χ1) is 12.0. The molecule has 136 valence electrons. The highest BCUT2D eigenvalue weighted by atomic mass is 32.1. The highest BCUT2D eigenvalue weighted by Crippen LogP contribution is 2.21. The highest BCUT2D eigenvalue weighted by molar-refractivity contribution is 7.80. The van der Waals surface area contributed by atoms with Gasteiger partial charge in [-0.15, -0.1) is 0 Å². The molecule has 0 aliphatic rings. The van der Waals surface area contributed by atoms with Crippen LogP contribution >= 0.6 is 12.2 Å². The number of aryl methyl sites for hydroxylation is 1. The summed E-state index contributed by atoms with van der Waals surface area (Å²) in [7, 11) is 0. The van der Waals surface area contributed by atoms with Crippen LogP contribution in [-0.4, -0.2) is 34.7 Å². The van der Waals surface area contributed by atoms with Crippen molar-refractivity contribution >= 4 is 23.0 Å². The van der Waals surface area contributed by atoms with E-state index in [9.17, 15) is 4.39 Å². The molecular weight excluding hydrogens is 339 g/mol. The van der Waals surface area contributed by atoms with Crippen LogP contribution in [0.1, 0.15) is 30.3 Å². The largest absolute Gasteiger partial charge is 0.382 e. The standard InChI is InChI=1S/C18H25FN4OS/c1-4-24-11-7-10-20-18(25)21-17-13(2)22-23(14(17)3)12-15-8-5-6-9-16(15)19/h5-6,8-9H,4,7,10-12H2,1-3H3,(H2,20,21,25). The van der Waals surface area contributed by atoms with Crippen LogP contribution in [-0.2, 0) is 11.3 Å². The van der Waals surface area contributed by atoms with Gasteiger partial charge in [0.15, 0.2) is 5.11 Å². The SMILES string of the molecule is CCOCCCNC(=S)Nc1c(C)nn(Cc2ccccc2F)c1C. The average molecular weight is 364 g/mol. The predicted molar refractivity (Wildman–Crippen MR) is 103 cm³/mol. The van der Waals surface area contributed by atoms with Crippen molar-refractivity contribution in [3.8, 4) is 0 Å². The van der Waals surface area contributed by atoms with Crippen LogP contribution in [0.2, 0.25) is 0 Å². The van der Waals surface area contributed by atoms with E-state index in [-0.39, 0.29) is 5.82 Å². The van der Waals surface area contributed by atoms with Crippen LogP contribution in [0.5, 0.6) is 0 Å². The van der Waals surface area contributed by atoms with Crippen molar-refractivity contribution < 1.29 is 9.13 Å². The summed E-state index contributed by atoms with van der Waals surface area (Å²) < 4.78 is 20.9. The van der Waals surface area contributed by atoms with Gasteiger partial charge in [0.1, 0.15) is 5.82 Å². The van der Waals surface area contributed by atoms with Crippen molar-refractivity contribution in [3.05, 3.63) is 47.0 Å². The zero-order valence-electron chi connectivity index (χ0n) is 14.9. The van der Waals surface area contributed by atoms with E-state index in [2.05, 4.69) is 15.7 Å². The summed E-state index contributed by atoms with van der Waals surface area (Å²) in [6, 6.07) is 6.73. The predicted octanol–water partition coefficient (Wildman–Crippen LogP) is 3.40. The zero-order valence-corrected chi connectivity index (χ0v) is 15.8. The number of halogens is 1. The van der Waals surface area contributed by atoms with Gasteiger partial charge < -0.3 is 15.4 Å². The molecule has 1 heterocycles. The number of anilines is 1. The van der Waals surface area contributed by atoms with Crippen LogP contribution in [0, 0.1) is 19.7 Å². The molecule has 1 aromatic heterocycles. The van der Waals surface area contributed by atoms with Crippen molar-refractivity contribution in [3.63, 3.8) is 0 Å². The summed E-state index contributed by atoms with van der Waals surface area (Å²) >= 11 is 5.33. The zero-order chi connectivity index (χ0) is 18.2. The van der Waals surface area contributed by atoms with E-state index in [0.717, 1.165) is 36.6 Å². The van der Waals surface area contributed by atoms with Gasteiger partial charge >= 0.3 is 0 Å². The number of aromatic nitrogens is 2. The maximum absolute atomic E-state index is 13.9. The Balaban J connectivity index is 1.97. The van der Waals surface area contributed by atoms with Gasteiger partial charge in [-0.3, -0.25) is 4.68 Å². The van der Waals surface area contributed by atoms with Gasteiger partial charge in [-0.05, 0) is 45.5 Å². The summed E-state index contributed by atoms with van der Waals surface area (Å²) in [6.45, 7) is 8.39. The molecule has 0 fully saturated rings. The van der Waals surface area contributed by atoms with Gasteiger partial charge in [-0.1, -0.05) is 18.2 Å². The topological polar surface area (TPSA) is 51.1 Å². The first-order valence-electron chi connectivity index (χ1n) is 8.43. The molecular formula is C18H25FN4OS. The molecule has 2 aromatic rings. The van der Waals surface area contributed by atoms with Crippen molar-refractivity contribution in [1.82, 2.24) is 15.1 Å². The molecule has 0 amide bonds. The van der Waals surface area contributed by atoms with E-state index in [1.54, 1.807) is 16.8 Å². The fraction of sp³-hybridized carbons (Fsp3) is 0.444. The molecule has 0 aliphatic heterocycles. The summed E-state index contributed by atoms with van der Waals surface area (Å²) in [6.07, 6.45) is 0.889. The van der Waals surface area contributed by atoms with Gasteiger partial charge in [0.05, 0.1) is 23.6 Å². The summed E-state index contributed by atoms with van der Waals surface area (Å²) in [5.41, 5.74) is 3.21. The minimum absolute atomic E-state index is 0.226. The van der Waals surface area contributed by atoms with Crippen LogP contribution in [0.4, 0.5) is 10.1 Å². The molecule has 5 nitrogen and oxygen atoms in total. The van der Waals surface area contributed by atoms with Crippen LogP contribution in [0.3, 0.4) is 0 Å². The molecule has 2 rings (SSSR count). The lowest BCUT2D eigenvalue weighted by Gasteiger charge is -2.11. The highest BCUT2D eigenvalue weighted by Gasteiger charge is 2.14. The first-order valence-corrected chi connectivity index (χ1v) is 8.83. The number of hydrogen-bond donors (Lipinski definition) is 2. The van der Waals surface area contributed by atoms with E-state index in [1.165, 1.54) is 6.07 Å². The maximum atomic E-state index is 13.9. The van der Waals surface area contributed by atoms with Crippen molar-refractivity contribution in [2.24, 2.45) is 0 Å². The molecule has 0 radical (unpaired) electrons. The van der Waals surface area contributed by atoms with E-state index < -0.39 is 0 Å². The minimum Gasteiger partial charge on any atom is -0.382 e. The lowest BCUT2D eigenvalue weighted by Crippen LogP contribution is -2.30. The second-order valence-corrected chi connectivity index (χ2v) is 6.13. The third-order valence-corrected chi connectivity index (χ3v) is 4.10. The van der Waals surface area contributed by atoms with E-state index in [1.807, 2.05) is 26.8 Å². The maximum Gasteiger partial charge on any atom is 0.170 e. The number of hydrogen-bond acceptors (Lipinski definition) is 3. The average Bonchev–Trinajstić information content (AvgIpc) is 2.84. The smallest absolute Gasteiger partial charge is 0.170 e. The monoisotopic (exact) mass is 364 g/mol. The Labute approximate surface area is 153 Å². The molecule has 0 unspecified atom stereocenters. The van der Waals surface area contributed by atoms with Crippen molar-refractivity contribution in [1.29, 1.82) is 0 Å². The molecule has 0 saturated heterocycles. The molecule has 0 spiro atoms. The number of rotatable bonds is 8. The summed E-state index contributed by atoms with van der Waals surface area (Å²) in [5, 5.41) is 11.4. The van der Waals surface area contributed by atoms with Gasteiger partial charge in [0.25, 0.3) is 0 Å². The summed E-state index contributed by atoms with van der Waals surface area (Å²) in [5.74, 6) is -0.226. The Morgan fingerprint density at radius 1 is 1.32 bits per heavy atom. The van der Waals surface area contributed by atoms with Crippen molar-refractivity contribution in [2.75, 3.05) is 25.1 Å².